The maximum absolute atomic E-state index is 12.3. The van der Waals surface area contributed by atoms with Crippen molar-refractivity contribution in [1.29, 1.82) is 0 Å². The van der Waals surface area contributed by atoms with Crippen LogP contribution in [0.1, 0.15) is 5.56 Å². The van der Waals surface area contributed by atoms with Gasteiger partial charge in [-0.05, 0) is 23.9 Å². The van der Waals surface area contributed by atoms with Gasteiger partial charge in [-0.1, -0.05) is 18.2 Å². The zero-order chi connectivity index (χ0) is 16.6. The van der Waals surface area contributed by atoms with Gasteiger partial charge < -0.3 is 9.67 Å². The smallest absolute Gasteiger partial charge is 0.323 e. The Bertz CT molecular complexity index is 867. The van der Waals surface area contributed by atoms with Crippen LogP contribution >= 0.6 is 11.8 Å². The molecule has 118 valence electrons. The van der Waals surface area contributed by atoms with Crippen molar-refractivity contribution < 1.29 is 14.7 Å². The quantitative estimate of drug-likeness (QED) is 0.877. The Kier molecular flexibility index (Phi) is 3.96. The minimum absolute atomic E-state index is 0.106. The van der Waals surface area contributed by atoms with Crippen LogP contribution in [0.4, 0.5) is 0 Å². The predicted molar refractivity (Wildman–Crippen MR) is 91.3 cm³/mol. The number of carboxylic acids is 1. The summed E-state index contributed by atoms with van der Waals surface area (Å²) in [6.45, 7) is -0.119. The number of likely N-dealkylation sites (N-methyl/N-ethyl adjacent to an activating group) is 1. The number of aromatic nitrogens is 1. The fraction of sp³-hybridized carbons (Fsp3) is 0.188. The third-order valence-corrected chi connectivity index (χ3v) is 4.76. The number of amidine groups is 1. The molecule has 0 aliphatic carbocycles. The van der Waals surface area contributed by atoms with E-state index in [0.29, 0.717) is 10.1 Å². The minimum atomic E-state index is -0.906. The summed E-state index contributed by atoms with van der Waals surface area (Å²) in [7, 11) is 3.33. The maximum Gasteiger partial charge on any atom is 0.323 e. The number of para-hydroxylation sites is 1. The van der Waals surface area contributed by atoms with Gasteiger partial charge in [0, 0.05) is 36.8 Å². The number of carboxylic acid groups (broad SMARTS) is 1. The van der Waals surface area contributed by atoms with E-state index in [9.17, 15) is 9.59 Å². The number of carbonyl (C=O) groups excluding carboxylic acids is 1. The molecule has 0 radical (unpaired) electrons. The van der Waals surface area contributed by atoms with Crippen molar-refractivity contribution in [3.8, 4) is 0 Å². The molecule has 1 N–H and O–H groups in total. The first-order valence-corrected chi connectivity index (χ1v) is 7.77. The zero-order valence-electron chi connectivity index (χ0n) is 12.7. The average molecular weight is 329 g/mol. The van der Waals surface area contributed by atoms with E-state index in [-0.39, 0.29) is 12.5 Å². The fourth-order valence-corrected chi connectivity index (χ4v) is 3.48. The number of nitrogens with zero attached hydrogens (tertiary/aromatic N) is 3. The molecular formula is C16H15N3O3S. The lowest BCUT2D eigenvalue weighted by Crippen LogP contribution is -2.23. The summed E-state index contributed by atoms with van der Waals surface area (Å²) in [5, 5.41) is 10.6. The van der Waals surface area contributed by atoms with Crippen LogP contribution in [0.25, 0.3) is 17.0 Å². The van der Waals surface area contributed by atoms with E-state index in [4.69, 9.17) is 5.11 Å². The molecule has 6 nitrogen and oxygen atoms in total. The number of fused-ring (bicyclic) bond motifs is 1. The van der Waals surface area contributed by atoms with E-state index in [1.54, 1.807) is 30.9 Å². The van der Waals surface area contributed by atoms with Crippen molar-refractivity contribution in [2.75, 3.05) is 14.1 Å². The number of thioether (sulfide) groups is 1. The molecule has 0 bridgehead atoms. The van der Waals surface area contributed by atoms with Crippen LogP contribution in [-0.2, 0) is 16.1 Å². The number of amides is 1. The number of hydrogen-bond donors (Lipinski definition) is 1. The Morgan fingerprint density at radius 2 is 2.13 bits per heavy atom. The van der Waals surface area contributed by atoms with Crippen LogP contribution in [0.2, 0.25) is 0 Å². The third-order valence-electron chi connectivity index (χ3n) is 3.61. The highest BCUT2D eigenvalue weighted by molar-refractivity contribution is 8.18. The first-order valence-electron chi connectivity index (χ1n) is 6.95. The molecule has 23 heavy (non-hydrogen) atoms. The molecule has 3 rings (SSSR count). The molecule has 7 heteroatoms. The Morgan fingerprint density at radius 1 is 1.39 bits per heavy atom. The van der Waals surface area contributed by atoms with E-state index < -0.39 is 5.97 Å². The standard InChI is InChI=1S/C16H15N3O3S/c1-17-16-18(2)15(22)13(23-16)7-10-8-19(9-14(20)21)12-6-4-3-5-11(10)12/h3-8H,9H2,1-2H3,(H,20,21). The Morgan fingerprint density at radius 3 is 2.78 bits per heavy atom. The van der Waals surface area contributed by atoms with E-state index in [2.05, 4.69) is 4.99 Å². The predicted octanol–water partition coefficient (Wildman–Crippen LogP) is 2.26. The van der Waals surface area contributed by atoms with Gasteiger partial charge in [-0.3, -0.25) is 19.5 Å². The van der Waals surface area contributed by atoms with Gasteiger partial charge in [-0.2, -0.15) is 0 Å². The number of hydrogen-bond acceptors (Lipinski definition) is 4. The third kappa shape index (κ3) is 2.75. The van der Waals surface area contributed by atoms with Crippen LogP contribution in [0.5, 0.6) is 0 Å². The normalized spacial score (nSPS) is 18.5. The largest absolute Gasteiger partial charge is 0.480 e. The first kappa shape index (κ1) is 15.4. The molecule has 2 aromatic rings. The SMILES string of the molecule is CN=C1SC(=Cc2cn(CC(=O)O)c3ccccc23)C(=O)N1C. The van der Waals surface area contributed by atoms with E-state index in [0.717, 1.165) is 16.5 Å². The molecule has 2 heterocycles. The van der Waals surface area contributed by atoms with Gasteiger partial charge >= 0.3 is 5.97 Å². The second kappa shape index (κ2) is 5.92. The summed E-state index contributed by atoms with van der Waals surface area (Å²) >= 11 is 1.32. The van der Waals surface area contributed by atoms with Crippen LogP contribution < -0.4 is 0 Å². The molecule has 1 aliphatic heterocycles. The van der Waals surface area contributed by atoms with E-state index in [1.165, 1.54) is 16.7 Å². The molecule has 1 fully saturated rings. The zero-order valence-corrected chi connectivity index (χ0v) is 13.5. The minimum Gasteiger partial charge on any atom is -0.480 e. The topological polar surface area (TPSA) is 74.9 Å². The summed E-state index contributed by atoms with van der Waals surface area (Å²) in [4.78, 5) is 29.4. The second-order valence-corrected chi connectivity index (χ2v) is 6.11. The molecule has 1 amide bonds. The van der Waals surface area contributed by atoms with Crippen molar-refractivity contribution in [1.82, 2.24) is 9.47 Å². The Balaban J connectivity index is 2.09. The van der Waals surface area contributed by atoms with E-state index in [1.807, 2.05) is 24.3 Å². The lowest BCUT2D eigenvalue weighted by atomic mass is 10.1. The van der Waals surface area contributed by atoms with Crippen LogP contribution in [0, 0.1) is 0 Å². The first-order chi connectivity index (χ1) is 11.0. The van der Waals surface area contributed by atoms with Gasteiger partial charge in [-0.15, -0.1) is 0 Å². The van der Waals surface area contributed by atoms with Crippen molar-refractivity contribution in [2.24, 2.45) is 4.99 Å². The maximum atomic E-state index is 12.3. The number of rotatable bonds is 3. The Hall–Kier alpha value is -2.54. The number of carbonyl (C=O) groups is 2. The lowest BCUT2D eigenvalue weighted by molar-refractivity contribution is -0.137. The molecule has 0 saturated carbocycles. The molecule has 1 aromatic carbocycles. The van der Waals surface area contributed by atoms with Gasteiger partial charge in [0.1, 0.15) is 6.54 Å². The monoisotopic (exact) mass is 329 g/mol. The van der Waals surface area contributed by atoms with Gasteiger partial charge in [0.15, 0.2) is 5.17 Å². The fourth-order valence-electron chi connectivity index (χ4n) is 2.56. The molecule has 0 atom stereocenters. The summed E-state index contributed by atoms with van der Waals surface area (Å²) < 4.78 is 1.67. The molecule has 1 saturated heterocycles. The highest BCUT2D eigenvalue weighted by Gasteiger charge is 2.30. The van der Waals surface area contributed by atoms with Crippen LogP contribution in [0.3, 0.4) is 0 Å². The number of aliphatic carboxylic acids is 1. The summed E-state index contributed by atoms with van der Waals surface area (Å²) in [6.07, 6.45) is 3.56. The molecule has 1 aromatic heterocycles. The van der Waals surface area contributed by atoms with Crippen molar-refractivity contribution in [3.63, 3.8) is 0 Å². The lowest BCUT2D eigenvalue weighted by Gasteiger charge is -2.04. The summed E-state index contributed by atoms with van der Waals surface area (Å²) in [5.41, 5.74) is 1.65. The van der Waals surface area contributed by atoms with E-state index >= 15 is 0 Å². The Labute approximate surface area is 137 Å². The molecular weight excluding hydrogens is 314 g/mol. The highest BCUT2D eigenvalue weighted by Crippen LogP contribution is 2.33. The van der Waals surface area contributed by atoms with Gasteiger partial charge in [0.2, 0.25) is 0 Å². The summed E-state index contributed by atoms with van der Waals surface area (Å²) in [6, 6.07) is 7.55. The van der Waals surface area contributed by atoms with Gasteiger partial charge in [-0.25, -0.2) is 0 Å². The van der Waals surface area contributed by atoms with Crippen molar-refractivity contribution in [3.05, 3.63) is 40.9 Å². The molecule has 1 aliphatic rings. The van der Waals surface area contributed by atoms with Gasteiger partial charge in [0.25, 0.3) is 5.91 Å². The number of benzene rings is 1. The van der Waals surface area contributed by atoms with Crippen LogP contribution in [0.15, 0.2) is 40.4 Å². The molecule has 0 unspecified atom stereocenters. The van der Waals surface area contributed by atoms with Crippen LogP contribution in [-0.4, -0.2) is 45.7 Å². The molecule has 0 spiro atoms. The van der Waals surface area contributed by atoms with Crippen molar-refractivity contribution >= 4 is 45.8 Å². The highest BCUT2D eigenvalue weighted by atomic mass is 32.2. The average Bonchev–Trinajstić information content (AvgIpc) is 3.00. The second-order valence-electron chi connectivity index (χ2n) is 5.10. The van der Waals surface area contributed by atoms with Crippen molar-refractivity contribution in [2.45, 2.75) is 6.54 Å². The number of aliphatic imine (C=N–C) groups is 1. The summed E-state index contributed by atoms with van der Waals surface area (Å²) in [5.74, 6) is -1.01. The van der Waals surface area contributed by atoms with Gasteiger partial charge in [0.05, 0.1) is 4.91 Å².